The third kappa shape index (κ3) is 3.68. The molecule has 0 atom stereocenters. The summed E-state index contributed by atoms with van der Waals surface area (Å²) in [6.07, 6.45) is 2.01. The van der Waals surface area contributed by atoms with E-state index >= 15 is 0 Å². The molecule has 5 heteroatoms. The normalized spacial score (nSPS) is 11.1. The van der Waals surface area contributed by atoms with Gasteiger partial charge in [-0.2, -0.15) is 0 Å². The first-order chi connectivity index (χ1) is 8.54. The Morgan fingerprint density at radius 3 is 2.33 bits per heavy atom. The quantitative estimate of drug-likeness (QED) is 0.812. The lowest BCUT2D eigenvalue weighted by atomic mass is 9.96. The van der Waals surface area contributed by atoms with Crippen LogP contribution in [0, 0.1) is 0 Å². The first kappa shape index (κ1) is 14.4. The van der Waals surface area contributed by atoms with E-state index in [0.29, 0.717) is 18.1 Å². The Bertz CT molecular complexity index is 384. The first-order valence-corrected chi connectivity index (χ1v) is 6.44. The maximum Gasteiger partial charge on any atom is 0.271 e. The average molecular weight is 250 g/mol. The predicted octanol–water partition coefficient (Wildman–Crippen LogP) is 2.22. The van der Waals surface area contributed by atoms with Crippen molar-refractivity contribution in [2.24, 2.45) is 0 Å². The number of anilines is 1. The van der Waals surface area contributed by atoms with Gasteiger partial charge in [0.15, 0.2) is 5.69 Å². The molecule has 1 heterocycles. The number of rotatable bonds is 6. The van der Waals surface area contributed by atoms with Crippen LogP contribution < -0.4 is 10.6 Å². The Labute approximate surface area is 108 Å². The predicted molar refractivity (Wildman–Crippen MR) is 72.6 cm³/mol. The number of carbonyl (C=O) groups excluding carboxylic acids is 1. The molecule has 0 aliphatic rings. The summed E-state index contributed by atoms with van der Waals surface area (Å²) in [5.74, 6) is 0.513. The lowest BCUT2D eigenvalue weighted by Crippen LogP contribution is -2.33. The van der Waals surface area contributed by atoms with Crippen molar-refractivity contribution in [1.82, 2.24) is 15.5 Å². The van der Waals surface area contributed by atoms with E-state index in [-0.39, 0.29) is 11.4 Å². The second kappa shape index (κ2) is 6.33. The lowest BCUT2D eigenvalue weighted by molar-refractivity contribution is 0.0950. The summed E-state index contributed by atoms with van der Waals surface area (Å²) in [4.78, 5) is 11.5. The smallest absolute Gasteiger partial charge is 0.271 e. The summed E-state index contributed by atoms with van der Waals surface area (Å²) >= 11 is 0. The number of aromatic nitrogens is 2. The fraction of sp³-hybridized carbons (Fsp3) is 0.615. The Morgan fingerprint density at radius 2 is 1.89 bits per heavy atom. The van der Waals surface area contributed by atoms with Crippen LogP contribution in [-0.4, -0.2) is 28.2 Å². The molecule has 0 aliphatic heterocycles. The fourth-order valence-electron chi connectivity index (χ4n) is 1.51. The standard InChI is InChI=1S/C13H22N4O/c1-5-13(4,6-2)15-11-9-8-10(16-17-11)12(18)14-7-3/h8-9H,5-7H2,1-4H3,(H,14,18)(H,15,17). The van der Waals surface area contributed by atoms with Gasteiger partial charge in [0.05, 0.1) is 0 Å². The Morgan fingerprint density at radius 1 is 1.22 bits per heavy atom. The zero-order valence-corrected chi connectivity index (χ0v) is 11.6. The summed E-state index contributed by atoms with van der Waals surface area (Å²) in [6.45, 7) is 8.87. The Hall–Kier alpha value is -1.65. The van der Waals surface area contributed by atoms with Crippen molar-refractivity contribution in [2.45, 2.75) is 46.1 Å². The molecule has 1 rings (SSSR count). The molecule has 0 radical (unpaired) electrons. The maximum atomic E-state index is 11.5. The van der Waals surface area contributed by atoms with Crippen LogP contribution >= 0.6 is 0 Å². The molecule has 0 bridgehead atoms. The molecule has 0 unspecified atom stereocenters. The van der Waals surface area contributed by atoms with Crippen molar-refractivity contribution in [3.63, 3.8) is 0 Å². The minimum Gasteiger partial charge on any atom is -0.363 e. The highest BCUT2D eigenvalue weighted by atomic mass is 16.1. The second-order valence-electron chi connectivity index (χ2n) is 4.56. The third-order valence-corrected chi connectivity index (χ3v) is 3.23. The van der Waals surface area contributed by atoms with Crippen LogP contribution in [0.3, 0.4) is 0 Å². The van der Waals surface area contributed by atoms with Gasteiger partial charge in [0.25, 0.3) is 5.91 Å². The van der Waals surface area contributed by atoms with Gasteiger partial charge in [0, 0.05) is 12.1 Å². The molecular weight excluding hydrogens is 228 g/mol. The summed E-state index contributed by atoms with van der Waals surface area (Å²) in [7, 11) is 0. The topological polar surface area (TPSA) is 66.9 Å². The molecule has 1 aromatic rings. The summed E-state index contributed by atoms with van der Waals surface area (Å²) < 4.78 is 0. The summed E-state index contributed by atoms with van der Waals surface area (Å²) in [5, 5.41) is 14.0. The molecule has 0 fully saturated rings. The number of carbonyl (C=O) groups is 1. The van der Waals surface area contributed by atoms with Crippen LogP contribution in [0.2, 0.25) is 0 Å². The molecule has 0 saturated heterocycles. The monoisotopic (exact) mass is 250 g/mol. The Balaban J connectivity index is 2.74. The van der Waals surface area contributed by atoms with Crippen LogP contribution in [0.4, 0.5) is 5.82 Å². The van der Waals surface area contributed by atoms with Crippen LogP contribution in [0.1, 0.15) is 51.0 Å². The maximum absolute atomic E-state index is 11.5. The second-order valence-corrected chi connectivity index (χ2v) is 4.56. The molecule has 18 heavy (non-hydrogen) atoms. The van der Waals surface area contributed by atoms with E-state index in [0.717, 1.165) is 12.8 Å². The van der Waals surface area contributed by atoms with E-state index < -0.39 is 0 Å². The van der Waals surface area contributed by atoms with Gasteiger partial charge in [-0.3, -0.25) is 4.79 Å². The SMILES string of the molecule is CCNC(=O)c1ccc(NC(C)(CC)CC)nn1. The molecule has 1 aromatic heterocycles. The van der Waals surface area contributed by atoms with E-state index in [1.807, 2.05) is 6.92 Å². The molecule has 2 N–H and O–H groups in total. The van der Waals surface area contributed by atoms with E-state index in [1.54, 1.807) is 12.1 Å². The van der Waals surface area contributed by atoms with Crippen molar-refractivity contribution >= 4 is 11.7 Å². The van der Waals surface area contributed by atoms with Gasteiger partial charge in [-0.05, 0) is 38.8 Å². The molecule has 0 aliphatic carbocycles. The van der Waals surface area contributed by atoms with Crippen molar-refractivity contribution in [3.8, 4) is 0 Å². The third-order valence-electron chi connectivity index (χ3n) is 3.23. The van der Waals surface area contributed by atoms with Gasteiger partial charge < -0.3 is 10.6 Å². The highest BCUT2D eigenvalue weighted by molar-refractivity contribution is 5.92. The van der Waals surface area contributed by atoms with Gasteiger partial charge >= 0.3 is 0 Å². The number of hydrogen-bond donors (Lipinski definition) is 2. The number of hydrogen-bond acceptors (Lipinski definition) is 4. The fourth-order valence-corrected chi connectivity index (χ4v) is 1.51. The minimum atomic E-state index is -0.190. The molecule has 5 nitrogen and oxygen atoms in total. The van der Waals surface area contributed by atoms with Gasteiger partial charge in [0.1, 0.15) is 5.82 Å². The zero-order valence-electron chi connectivity index (χ0n) is 11.6. The van der Waals surface area contributed by atoms with Crippen LogP contribution in [0.5, 0.6) is 0 Å². The molecule has 0 spiro atoms. The highest BCUT2D eigenvalue weighted by Gasteiger charge is 2.19. The van der Waals surface area contributed by atoms with Crippen LogP contribution in [0.25, 0.3) is 0 Å². The Kier molecular flexibility index (Phi) is 5.07. The van der Waals surface area contributed by atoms with E-state index in [2.05, 4.69) is 41.6 Å². The van der Waals surface area contributed by atoms with Gasteiger partial charge in [-0.1, -0.05) is 13.8 Å². The number of nitrogens with one attached hydrogen (secondary N) is 2. The van der Waals surface area contributed by atoms with Crippen molar-refractivity contribution in [3.05, 3.63) is 17.8 Å². The van der Waals surface area contributed by atoms with E-state index in [1.165, 1.54) is 0 Å². The first-order valence-electron chi connectivity index (χ1n) is 6.44. The molecular formula is C13H22N4O. The molecule has 0 saturated carbocycles. The number of amides is 1. The zero-order chi connectivity index (χ0) is 13.6. The summed E-state index contributed by atoms with van der Waals surface area (Å²) in [5.41, 5.74) is 0.360. The highest BCUT2D eigenvalue weighted by Crippen LogP contribution is 2.19. The molecule has 100 valence electrons. The summed E-state index contributed by atoms with van der Waals surface area (Å²) in [6, 6.07) is 3.48. The van der Waals surface area contributed by atoms with Crippen LogP contribution in [-0.2, 0) is 0 Å². The number of nitrogens with zero attached hydrogens (tertiary/aromatic N) is 2. The van der Waals surface area contributed by atoms with Gasteiger partial charge in [-0.15, -0.1) is 10.2 Å². The van der Waals surface area contributed by atoms with Crippen LogP contribution in [0.15, 0.2) is 12.1 Å². The molecule has 1 amide bonds. The van der Waals surface area contributed by atoms with E-state index in [4.69, 9.17) is 0 Å². The van der Waals surface area contributed by atoms with E-state index in [9.17, 15) is 4.79 Å². The van der Waals surface area contributed by atoms with Gasteiger partial charge in [0.2, 0.25) is 0 Å². The molecule has 0 aromatic carbocycles. The largest absolute Gasteiger partial charge is 0.363 e. The van der Waals surface area contributed by atoms with Crippen molar-refractivity contribution in [2.75, 3.05) is 11.9 Å². The van der Waals surface area contributed by atoms with Gasteiger partial charge in [-0.25, -0.2) is 0 Å². The van der Waals surface area contributed by atoms with Crippen molar-refractivity contribution in [1.29, 1.82) is 0 Å². The van der Waals surface area contributed by atoms with Crippen molar-refractivity contribution < 1.29 is 4.79 Å². The lowest BCUT2D eigenvalue weighted by Gasteiger charge is -2.28. The minimum absolute atomic E-state index is 0.0157. The average Bonchev–Trinajstić information content (AvgIpc) is 2.39.